The highest BCUT2D eigenvalue weighted by Crippen LogP contribution is 2.32. The summed E-state index contributed by atoms with van der Waals surface area (Å²) in [5.74, 6) is -1.01. The fourth-order valence-corrected chi connectivity index (χ4v) is 4.01. The molecule has 0 radical (unpaired) electrons. The number of benzene rings is 1. The number of nitriles is 1. The van der Waals surface area contributed by atoms with Crippen LogP contribution in [0, 0.1) is 17.1 Å². The van der Waals surface area contributed by atoms with Gasteiger partial charge in [-0.2, -0.15) is 15.5 Å². The van der Waals surface area contributed by atoms with Crippen LogP contribution in [0.1, 0.15) is 11.1 Å². The van der Waals surface area contributed by atoms with Gasteiger partial charge < -0.3 is 0 Å². The van der Waals surface area contributed by atoms with Gasteiger partial charge >= 0.3 is 0 Å². The molecule has 0 atom stereocenters. The zero-order valence-electron chi connectivity index (χ0n) is 14.5. The first-order valence-electron chi connectivity index (χ1n) is 7.89. The smallest absolute Gasteiger partial charge is 0.261 e. The zero-order chi connectivity index (χ0) is 20.1. The molecule has 0 spiro atoms. The maximum Gasteiger partial charge on any atom is 0.261 e. The van der Waals surface area contributed by atoms with Crippen LogP contribution in [0.4, 0.5) is 4.39 Å². The van der Waals surface area contributed by atoms with Crippen LogP contribution in [-0.2, 0) is 11.3 Å². The molecule has 28 heavy (non-hydrogen) atoms. The Morgan fingerprint density at radius 3 is 2.96 bits per heavy atom. The molecule has 142 valence electrons. The minimum Gasteiger partial charge on any atom is -0.271 e. The standard InChI is InChI=1S/C18H13ClFN5OS2/c1-27-18-11(8-21)17(15-6-3-7-28-15)24-25(18)10-16(26)23-22-9-12-13(19)4-2-5-14(12)20/h2-7,9H,10H2,1H3,(H,23,26)/b22-9+. The molecule has 3 aromatic rings. The molecule has 0 saturated carbocycles. The van der Waals surface area contributed by atoms with E-state index in [1.54, 1.807) is 0 Å². The van der Waals surface area contributed by atoms with Crippen LogP contribution in [0.25, 0.3) is 10.6 Å². The van der Waals surface area contributed by atoms with Crippen LogP contribution in [-0.4, -0.2) is 28.2 Å². The minimum atomic E-state index is -0.540. The van der Waals surface area contributed by atoms with Crippen LogP contribution in [0.5, 0.6) is 0 Å². The lowest BCUT2D eigenvalue weighted by molar-refractivity contribution is -0.121. The number of hydrogen-bond donors (Lipinski definition) is 1. The largest absolute Gasteiger partial charge is 0.271 e. The Morgan fingerprint density at radius 1 is 1.50 bits per heavy atom. The van der Waals surface area contributed by atoms with Crippen molar-refractivity contribution >= 4 is 46.8 Å². The van der Waals surface area contributed by atoms with Gasteiger partial charge in [0.25, 0.3) is 5.91 Å². The monoisotopic (exact) mass is 433 g/mol. The van der Waals surface area contributed by atoms with E-state index in [1.165, 1.54) is 46.0 Å². The summed E-state index contributed by atoms with van der Waals surface area (Å²) in [5, 5.41) is 20.4. The van der Waals surface area contributed by atoms with E-state index in [2.05, 4.69) is 21.7 Å². The number of aromatic nitrogens is 2. The summed E-state index contributed by atoms with van der Waals surface area (Å²) in [6, 6.07) is 10.1. The Balaban J connectivity index is 1.77. The molecule has 0 unspecified atom stereocenters. The first-order valence-corrected chi connectivity index (χ1v) is 10.4. The van der Waals surface area contributed by atoms with E-state index < -0.39 is 11.7 Å². The molecular formula is C18H13ClFN5OS2. The van der Waals surface area contributed by atoms with E-state index in [1.807, 2.05) is 23.8 Å². The van der Waals surface area contributed by atoms with Crippen LogP contribution in [0.15, 0.2) is 45.8 Å². The molecule has 2 heterocycles. The number of halogens is 2. The second-order valence-electron chi connectivity index (χ2n) is 5.41. The maximum absolute atomic E-state index is 13.7. The van der Waals surface area contributed by atoms with Crippen molar-refractivity contribution in [2.24, 2.45) is 5.10 Å². The number of carbonyl (C=O) groups is 1. The first-order chi connectivity index (χ1) is 13.5. The molecule has 0 fully saturated rings. The SMILES string of the molecule is CSc1c(C#N)c(-c2cccs2)nn1CC(=O)N/N=C/c1c(F)cccc1Cl. The Morgan fingerprint density at radius 2 is 2.32 bits per heavy atom. The van der Waals surface area contributed by atoms with Gasteiger partial charge in [-0.05, 0) is 29.8 Å². The highest BCUT2D eigenvalue weighted by Gasteiger charge is 2.20. The number of hydrogen-bond acceptors (Lipinski definition) is 6. The molecule has 0 bridgehead atoms. The zero-order valence-corrected chi connectivity index (χ0v) is 16.9. The fraction of sp³-hybridized carbons (Fsp3) is 0.111. The van der Waals surface area contributed by atoms with E-state index >= 15 is 0 Å². The summed E-state index contributed by atoms with van der Waals surface area (Å²) in [7, 11) is 0. The van der Waals surface area contributed by atoms with Gasteiger partial charge in [-0.1, -0.05) is 23.7 Å². The van der Waals surface area contributed by atoms with E-state index in [4.69, 9.17) is 11.6 Å². The summed E-state index contributed by atoms with van der Waals surface area (Å²) >= 11 is 8.70. The van der Waals surface area contributed by atoms with Gasteiger partial charge in [-0.25, -0.2) is 14.5 Å². The van der Waals surface area contributed by atoms with Crippen molar-refractivity contribution in [1.82, 2.24) is 15.2 Å². The predicted molar refractivity (Wildman–Crippen MR) is 109 cm³/mol. The van der Waals surface area contributed by atoms with E-state index in [0.29, 0.717) is 16.3 Å². The van der Waals surface area contributed by atoms with Crippen LogP contribution in [0.2, 0.25) is 5.02 Å². The number of amides is 1. The first kappa shape index (κ1) is 20.1. The third-order valence-corrected chi connectivity index (χ3v) is 5.65. The number of thiophene rings is 1. The van der Waals surface area contributed by atoms with Gasteiger partial charge in [0.2, 0.25) is 0 Å². The summed E-state index contributed by atoms with van der Waals surface area (Å²) in [4.78, 5) is 13.1. The lowest BCUT2D eigenvalue weighted by Gasteiger charge is -2.04. The summed E-state index contributed by atoms with van der Waals surface area (Å²) < 4.78 is 15.2. The average molecular weight is 434 g/mol. The van der Waals surface area contributed by atoms with Crippen LogP contribution in [0.3, 0.4) is 0 Å². The normalized spacial score (nSPS) is 10.9. The van der Waals surface area contributed by atoms with Crippen LogP contribution >= 0.6 is 34.7 Å². The Kier molecular flexibility index (Phi) is 6.46. The molecule has 0 saturated heterocycles. The quantitative estimate of drug-likeness (QED) is 0.359. The minimum absolute atomic E-state index is 0.0834. The van der Waals surface area contributed by atoms with Crippen molar-refractivity contribution in [1.29, 1.82) is 5.26 Å². The van der Waals surface area contributed by atoms with Crippen molar-refractivity contribution in [3.63, 3.8) is 0 Å². The molecule has 2 aromatic heterocycles. The second-order valence-corrected chi connectivity index (χ2v) is 7.56. The fourth-order valence-electron chi connectivity index (χ4n) is 2.42. The summed E-state index contributed by atoms with van der Waals surface area (Å²) in [6.45, 7) is -0.140. The van der Waals surface area contributed by atoms with Crippen molar-refractivity contribution in [2.75, 3.05) is 6.26 Å². The summed E-state index contributed by atoms with van der Waals surface area (Å²) in [5.41, 5.74) is 3.36. The molecule has 0 aliphatic carbocycles. The number of thioether (sulfide) groups is 1. The molecule has 1 amide bonds. The molecule has 1 aromatic carbocycles. The second kappa shape index (κ2) is 9.01. The van der Waals surface area contributed by atoms with Crippen molar-refractivity contribution in [3.05, 3.63) is 57.7 Å². The Bertz CT molecular complexity index is 1050. The molecule has 0 aliphatic heterocycles. The van der Waals surface area contributed by atoms with Gasteiger partial charge in [0.05, 0.1) is 16.1 Å². The molecule has 3 rings (SSSR count). The molecule has 1 N–H and O–H groups in total. The summed E-state index contributed by atoms with van der Waals surface area (Å²) in [6.07, 6.45) is 2.95. The molecular weight excluding hydrogens is 421 g/mol. The lowest BCUT2D eigenvalue weighted by atomic mass is 10.2. The molecule has 0 aliphatic rings. The number of nitrogens with zero attached hydrogens (tertiary/aromatic N) is 4. The third-order valence-electron chi connectivity index (χ3n) is 3.64. The van der Waals surface area contributed by atoms with Crippen molar-refractivity contribution < 1.29 is 9.18 Å². The van der Waals surface area contributed by atoms with Crippen molar-refractivity contribution in [3.8, 4) is 16.6 Å². The van der Waals surface area contributed by atoms with Gasteiger partial charge in [0.15, 0.2) is 0 Å². The average Bonchev–Trinajstić information content (AvgIpc) is 3.31. The number of nitrogens with one attached hydrogen (secondary N) is 1. The van der Waals surface area contributed by atoms with E-state index in [9.17, 15) is 14.4 Å². The predicted octanol–water partition coefficient (Wildman–Crippen LogP) is 4.15. The van der Waals surface area contributed by atoms with Gasteiger partial charge in [0, 0.05) is 5.56 Å². The number of rotatable bonds is 6. The third kappa shape index (κ3) is 4.25. The molecule has 6 nitrogen and oxygen atoms in total. The number of carbonyl (C=O) groups excluding carboxylic acids is 1. The van der Waals surface area contributed by atoms with E-state index in [0.717, 1.165) is 11.1 Å². The maximum atomic E-state index is 13.7. The van der Waals surface area contributed by atoms with Crippen molar-refractivity contribution in [2.45, 2.75) is 11.6 Å². The van der Waals surface area contributed by atoms with Gasteiger partial charge in [-0.15, -0.1) is 23.1 Å². The number of hydrazone groups is 1. The highest BCUT2D eigenvalue weighted by atomic mass is 35.5. The van der Waals surface area contributed by atoms with Crippen LogP contribution < -0.4 is 5.43 Å². The van der Waals surface area contributed by atoms with E-state index in [-0.39, 0.29) is 17.1 Å². The lowest BCUT2D eigenvalue weighted by Crippen LogP contribution is -2.24. The Labute approximate surface area is 173 Å². The van der Waals surface area contributed by atoms with Gasteiger partial charge in [0.1, 0.15) is 34.7 Å². The topological polar surface area (TPSA) is 83.1 Å². The van der Waals surface area contributed by atoms with Gasteiger partial charge in [-0.3, -0.25) is 4.79 Å². The highest BCUT2D eigenvalue weighted by molar-refractivity contribution is 7.98. The Hall–Kier alpha value is -2.67. The molecule has 10 heteroatoms.